The molecule has 0 radical (unpaired) electrons. The second-order valence-corrected chi connectivity index (χ2v) is 3.95. The highest BCUT2D eigenvalue weighted by molar-refractivity contribution is 5.70. The summed E-state index contributed by atoms with van der Waals surface area (Å²) >= 11 is 0. The molecule has 1 aromatic heterocycles. The number of hydrogen-bond donors (Lipinski definition) is 1. The number of nitrogens with zero attached hydrogens (tertiary/aromatic N) is 2. The van der Waals surface area contributed by atoms with Gasteiger partial charge in [0, 0.05) is 18.2 Å². The van der Waals surface area contributed by atoms with E-state index in [-0.39, 0.29) is 5.69 Å². The SMILES string of the molecule is CCNc1oc(/C=C/c2ccccc2OC)nc1C#N. The molecular formula is C15H15N3O2. The van der Waals surface area contributed by atoms with Crippen molar-refractivity contribution in [2.75, 3.05) is 19.0 Å². The average Bonchev–Trinajstić information content (AvgIpc) is 2.88. The van der Waals surface area contributed by atoms with E-state index >= 15 is 0 Å². The second kappa shape index (κ2) is 6.43. The lowest BCUT2D eigenvalue weighted by Gasteiger charge is -2.02. The minimum absolute atomic E-state index is 0.256. The maximum absolute atomic E-state index is 8.97. The van der Waals surface area contributed by atoms with Crippen LogP contribution < -0.4 is 10.1 Å². The first-order valence-electron chi connectivity index (χ1n) is 6.24. The molecule has 0 saturated heterocycles. The molecule has 0 fully saturated rings. The van der Waals surface area contributed by atoms with Crippen molar-refractivity contribution in [3.8, 4) is 11.8 Å². The number of anilines is 1. The number of benzene rings is 1. The highest BCUT2D eigenvalue weighted by Gasteiger charge is 2.10. The van der Waals surface area contributed by atoms with Gasteiger partial charge in [-0.3, -0.25) is 0 Å². The Morgan fingerprint density at radius 3 is 2.90 bits per heavy atom. The summed E-state index contributed by atoms with van der Waals surface area (Å²) < 4.78 is 10.7. The molecule has 0 saturated carbocycles. The van der Waals surface area contributed by atoms with E-state index < -0.39 is 0 Å². The van der Waals surface area contributed by atoms with Gasteiger partial charge in [-0.15, -0.1) is 0 Å². The van der Waals surface area contributed by atoms with Crippen LogP contribution in [-0.4, -0.2) is 18.6 Å². The fraction of sp³-hybridized carbons (Fsp3) is 0.200. The molecule has 2 aromatic rings. The molecule has 2 rings (SSSR count). The highest BCUT2D eigenvalue weighted by Crippen LogP contribution is 2.22. The molecule has 1 N–H and O–H groups in total. The summed E-state index contributed by atoms with van der Waals surface area (Å²) in [4.78, 5) is 4.10. The summed E-state index contributed by atoms with van der Waals surface area (Å²) in [5, 5.41) is 11.9. The predicted octanol–water partition coefficient (Wildman–Crippen LogP) is 3.16. The Hall–Kier alpha value is -2.74. The zero-order chi connectivity index (χ0) is 14.4. The predicted molar refractivity (Wildman–Crippen MR) is 77.3 cm³/mol. The van der Waals surface area contributed by atoms with Crippen molar-refractivity contribution >= 4 is 18.0 Å². The van der Waals surface area contributed by atoms with Gasteiger partial charge in [-0.1, -0.05) is 18.2 Å². The molecule has 0 atom stereocenters. The summed E-state index contributed by atoms with van der Waals surface area (Å²) in [6, 6.07) is 9.62. The number of nitriles is 1. The van der Waals surface area contributed by atoms with Gasteiger partial charge in [-0.2, -0.15) is 10.2 Å². The zero-order valence-electron chi connectivity index (χ0n) is 11.4. The molecule has 5 nitrogen and oxygen atoms in total. The maximum Gasteiger partial charge on any atom is 0.232 e. The molecule has 0 amide bonds. The Morgan fingerprint density at radius 1 is 1.40 bits per heavy atom. The maximum atomic E-state index is 8.97. The van der Waals surface area contributed by atoms with Gasteiger partial charge in [0.05, 0.1) is 7.11 Å². The normalized spacial score (nSPS) is 10.4. The molecule has 0 aliphatic heterocycles. The van der Waals surface area contributed by atoms with E-state index in [1.807, 2.05) is 43.3 Å². The number of nitrogens with one attached hydrogen (secondary N) is 1. The van der Waals surface area contributed by atoms with Gasteiger partial charge >= 0.3 is 0 Å². The molecule has 0 aliphatic rings. The largest absolute Gasteiger partial charge is 0.496 e. The molecule has 0 unspecified atom stereocenters. The van der Waals surface area contributed by atoms with Gasteiger partial charge < -0.3 is 14.5 Å². The topological polar surface area (TPSA) is 71.1 Å². The van der Waals surface area contributed by atoms with E-state index in [2.05, 4.69) is 10.3 Å². The van der Waals surface area contributed by atoms with Crippen molar-refractivity contribution in [1.29, 1.82) is 5.26 Å². The fourth-order valence-electron chi connectivity index (χ4n) is 1.73. The molecule has 5 heteroatoms. The Labute approximate surface area is 117 Å². The van der Waals surface area contributed by atoms with Crippen LogP contribution in [-0.2, 0) is 0 Å². The molecule has 20 heavy (non-hydrogen) atoms. The Balaban J connectivity index is 2.25. The first-order valence-corrected chi connectivity index (χ1v) is 6.24. The lowest BCUT2D eigenvalue weighted by atomic mass is 10.2. The lowest BCUT2D eigenvalue weighted by Crippen LogP contribution is -1.96. The van der Waals surface area contributed by atoms with Gasteiger partial charge in [-0.05, 0) is 19.1 Å². The number of aromatic nitrogens is 1. The number of ether oxygens (including phenoxy) is 1. The van der Waals surface area contributed by atoms with Crippen molar-refractivity contribution in [3.05, 3.63) is 41.4 Å². The van der Waals surface area contributed by atoms with Crippen LogP contribution in [0.25, 0.3) is 12.2 Å². The van der Waals surface area contributed by atoms with Crippen LogP contribution in [0.4, 0.5) is 5.88 Å². The summed E-state index contributed by atoms with van der Waals surface area (Å²) in [6.07, 6.45) is 3.54. The number of para-hydroxylation sites is 1. The van der Waals surface area contributed by atoms with E-state index in [4.69, 9.17) is 14.4 Å². The zero-order valence-corrected chi connectivity index (χ0v) is 11.4. The van der Waals surface area contributed by atoms with E-state index in [1.165, 1.54) is 0 Å². The number of hydrogen-bond acceptors (Lipinski definition) is 5. The van der Waals surface area contributed by atoms with Gasteiger partial charge in [-0.25, -0.2) is 0 Å². The standard InChI is InChI=1S/C15H15N3O2/c1-3-17-15-12(10-16)18-14(20-15)9-8-11-6-4-5-7-13(11)19-2/h4-9,17H,3H2,1-2H3/b9-8+. The summed E-state index contributed by atoms with van der Waals surface area (Å²) in [6.45, 7) is 2.59. The van der Waals surface area contributed by atoms with Crippen LogP contribution in [0.2, 0.25) is 0 Å². The van der Waals surface area contributed by atoms with Crippen LogP contribution in [0, 0.1) is 11.3 Å². The van der Waals surface area contributed by atoms with Crippen LogP contribution >= 0.6 is 0 Å². The molecule has 0 spiro atoms. The van der Waals surface area contributed by atoms with E-state index in [1.54, 1.807) is 13.2 Å². The van der Waals surface area contributed by atoms with Crippen molar-refractivity contribution in [2.24, 2.45) is 0 Å². The van der Waals surface area contributed by atoms with Crippen LogP contribution in [0.15, 0.2) is 28.7 Å². The number of oxazole rings is 1. The fourth-order valence-corrected chi connectivity index (χ4v) is 1.73. The first-order chi connectivity index (χ1) is 9.78. The Morgan fingerprint density at radius 2 is 2.20 bits per heavy atom. The van der Waals surface area contributed by atoms with Gasteiger partial charge in [0.15, 0.2) is 0 Å². The van der Waals surface area contributed by atoms with Crippen molar-refractivity contribution in [3.63, 3.8) is 0 Å². The molecule has 102 valence electrons. The molecule has 0 bridgehead atoms. The summed E-state index contributed by atoms with van der Waals surface area (Å²) in [7, 11) is 1.62. The minimum Gasteiger partial charge on any atom is -0.496 e. The third kappa shape index (κ3) is 2.98. The van der Waals surface area contributed by atoms with E-state index in [9.17, 15) is 0 Å². The summed E-state index contributed by atoms with van der Waals surface area (Å²) in [5.41, 5.74) is 1.17. The van der Waals surface area contributed by atoms with Crippen molar-refractivity contribution < 1.29 is 9.15 Å². The molecule has 1 aromatic carbocycles. The number of methoxy groups -OCH3 is 1. The van der Waals surface area contributed by atoms with E-state index in [0.717, 1.165) is 11.3 Å². The van der Waals surface area contributed by atoms with Gasteiger partial charge in [0.25, 0.3) is 0 Å². The van der Waals surface area contributed by atoms with Crippen LogP contribution in [0.3, 0.4) is 0 Å². The summed E-state index contributed by atoms with van der Waals surface area (Å²) in [5.74, 6) is 1.54. The minimum atomic E-state index is 0.256. The monoisotopic (exact) mass is 269 g/mol. The van der Waals surface area contributed by atoms with E-state index in [0.29, 0.717) is 18.3 Å². The second-order valence-electron chi connectivity index (χ2n) is 3.95. The van der Waals surface area contributed by atoms with Gasteiger partial charge in [0.1, 0.15) is 11.8 Å². The quantitative estimate of drug-likeness (QED) is 0.902. The third-order valence-electron chi connectivity index (χ3n) is 2.63. The number of rotatable bonds is 5. The average molecular weight is 269 g/mol. The highest BCUT2D eigenvalue weighted by atomic mass is 16.5. The first kappa shape index (κ1) is 13.7. The van der Waals surface area contributed by atoms with Crippen molar-refractivity contribution in [2.45, 2.75) is 6.92 Å². The van der Waals surface area contributed by atoms with Crippen LogP contribution in [0.5, 0.6) is 5.75 Å². The van der Waals surface area contributed by atoms with Crippen LogP contribution in [0.1, 0.15) is 24.1 Å². The Kier molecular flexibility index (Phi) is 4.40. The van der Waals surface area contributed by atoms with Gasteiger partial charge in [0.2, 0.25) is 17.5 Å². The van der Waals surface area contributed by atoms with Crippen molar-refractivity contribution in [1.82, 2.24) is 4.98 Å². The Bertz CT molecular complexity index is 653. The molecule has 1 heterocycles. The lowest BCUT2D eigenvalue weighted by molar-refractivity contribution is 0.414. The molecular weight excluding hydrogens is 254 g/mol. The third-order valence-corrected chi connectivity index (χ3v) is 2.63. The molecule has 0 aliphatic carbocycles. The smallest absolute Gasteiger partial charge is 0.232 e.